The lowest BCUT2D eigenvalue weighted by molar-refractivity contribution is -0.137. The summed E-state index contributed by atoms with van der Waals surface area (Å²) < 4.78 is 73.6. The quantitative estimate of drug-likeness (QED) is 0.161. The van der Waals surface area contributed by atoms with E-state index in [1.165, 1.54) is 30.5 Å². The molecular formula is C30H25ClF3N3O4S. The molecule has 0 atom stereocenters. The Kier molecular flexibility index (Phi) is 9.54. The average molecular weight is 616 g/mol. The first-order chi connectivity index (χ1) is 19.9. The molecule has 4 aromatic rings. The van der Waals surface area contributed by atoms with E-state index in [4.69, 9.17) is 16.3 Å². The summed E-state index contributed by atoms with van der Waals surface area (Å²) in [7, 11) is -4.44. The number of halogens is 4. The summed E-state index contributed by atoms with van der Waals surface area (Å²) in [5.41, 5.74) is 3.38. The van der Waals surface area contributed by atoms with Gasteiger partial charge in [-0.25, -0.2) is 13.8 Å². The van der Waals surface area contributed by atoms with Gasteiger partial charge in [-0.3, -0.25) is 9.10 Å². The Morgan fingerprint density at radius 1 is 0.976 bits per heavy atom. The van der Waals surface area contributed by atoms with Crippen LogP contribution < -0.4 is 14.5 Å². The molecule has 12 heteroatoms. The van der Waals surface area contributed by atoms with E-state index in [0.717, 1.165) is 23.3 Å². The highest BCUT2D eigenvalue weighted by atomic mass is 35.5. The highest BCUT2D eigenvalue weighted by Crippen LogP contribution is 2.38. The molecule has 218 valence electrons. The Morgan fingerprint density at radius 2 is 1.64 bits per heavy atom. The molecule has 7 nitrogen and oxygen atoms in total. The topological polar surface area (TPSA) is 88.1 Å². The van der Waals surface area contributed by atoms with Gasteiger partial charge in [-0.1, -0.05) is 59.6 Å². The van der Waals surface area contributed by atoms with Crippen molar-refractivity contribution in [1.29, 1.82) is 0 Å². The number of benzene rings is 4. The summed E-state index contributed by atoms with van der Waals surface area (Å²) in [6.07, 6.45) is -3.51. The van der Waals surface area contributed by atoms with E-state index in [9.17, 15) is 26.4 Å². The van der Waals surface area contributed by atoms with E-state index in [-0.39, 0.29) is 4.90 Å². The van der Waals surface area contributed by atoms with Crippen LogP contribution in [0.4, 0.5) is 18.9 Å². The number of nitrogens with one attached hydrogen (secondary N) is 1. The number of hydrogen-bond donors (Lipinski definition) is 1. The van der Waals surface area contributed by atoms with Crippen molar-refractivity contribution in [3.05, 3.63) is 124 Å². The van der Waals surface area contributed by atoms with Crippen molar-refractivity contribution in [1.82, 2.24) is 5.43 Å². The van der Waals surface area contributed by atoms with Crippen LogP contribution in [-0.4, -0.2) is 27.1 Å². The number of ether oxygens (including phenoxy) is 1. The maximum atomic E-state index is 13.5. The van der Waals surface area contributed by atoms with Gasteiger partial charge in [0.25, 0.3) is 15.9 Å². The fourth-order valence-corrected chi connectivity index (χ4v) is 5.42. The van der Waals surface area contributed by atoms with Crippen molar-refractivity contribution in [2.24, 2.45) is 5.10 Å². The van der Waals surface area contributed by atoms with E-state index in [2.05, 4.69) is 10.5 Å². The number of hydrogen-bond acceptors (Lipinski definition) is 5. The van der Waals surface area contributed by atoms with Crippen LogP contribution in [0.15, 0.2) is 107 Å². The van der Waals surface area contributed by atoms with Crippen LogP contribution in [0.3, 0.4) is 0 Å². The lowest BCUT2D eigenvalue weighted by atomic mass is 10.2. The maximum Gasteiger partial charge on any atom is 0.417 e. The normalized spacial score (nSPS) is 11.8. The second-order valence-corrected chi connectivity index (χ2v) is 11.4. The summed E-state index contributed by atoms with van der Waals surface area (Å²) in [5, 5.41) is 3.25. The average Bonchev–Trinajstić information content (AvgIpc) is 2.96. The minimum absolute atomic E-state index is 0.213. The SMILES string of the molecule is Cc1ccc(COc2ccc(/C=N/NC(=O)CN(c3ccc(Cl)c(C(F)(F)F)c3)S(=O)(=O)c3ccccc3)cc2)cc1. The molecule has 0 saturated carbocycles. The van der Waals surface area contributed by atoms with Gasteiger partial charge in [-0.2, -0.15) is 18.3 Å². The molecule has 0 aliphatic heterocycles. The van der Waals surface area contributed by atoms with E-state index in [1.54, 1.807) is 30.3 Å². The number of hydrazone groups is 1. The highest BCUT2D eigenvalue weighted by molar-refractivity contribution is 7.92. The Hall–Kier alpha value is -4.35. The van der Waals surface area contributed by atoms with Gasteiger partial charge in [-0.15, -0.1) is 0 Å². The molecule has 42 heavy (non-hydrogen) atoms. The number of carbonyl (C=O) groups is 1. The number of sulfonamides is 1. The van der Waals surface area contributed by atoms with Crippen molar-refractivity contribution >= 4 is 39.4 Å². The van der Waals surface area contributed by atoms with Crippen LogP contribution in [0.2, 0.25) is 5.02 Å². The van der Waals surface area contributed by atoms with Gasteiger partial charge in [0, 0.05) is 0 Å². The monoisotopic (exact) mass is 615 g/mol. The Bertz CT molecular complexity index is 1660. The van der Waals surface area contributed by atoms with E-state index < -0.39 is 44.9 Å². The Labute approximate surface area is 246 Å². The first-order valence-electron chi connectivity index (χ1n) is 12.5. The summed E-state index contributed by atoms with van der Waals surface area (Å²) in [6, 6.07) is 24.5. The Balaban J connectivity index is 1.46. The summed E-state index contributed by atoms with van der Waals surface area (Å²) >= 11 is 5.72. The van der Waals surface area contributed by atoms with Gasteiger partial charge in [-0.05, 0) is 72.6 Å². The summed E-state index contributed by atoms with van der Waals surface area (Å²) in [5.74, 6) is -0.257. The van der Waals surface area contributed by atoms with Crippen molar-refractivity contribution < 1.29 is 31.1 Å². The fraction of sp³-hybridized carbons (Fsp3) is 0.133. The van der Waals surface area contributed by atoms with E-state index in [0.29, 0.717) is 28.3 Å². The number of carbonyl (C=O) groups excluding carboxylic acids is 1. The first kappa shape index (κ1) is 30.6. The molecule has 1 amide bonds. The van der Waals surface area contributed by atoms with Crippen LogP contribution in [0, 0.1) is 6.92 Å². The van der Waals surface area contributed by atoms with Crippen LogP contribution in [0.5, 0.6) is 5.75 Å². The number of rotatable bonds is 10. The minimum atomic E-state index is -4.84. The lowest BCUT2D eigenvalue weighted by Gasteiger charge is -2.24. The van der Waals surface area contributed by atoms with Crippen molar-refractivity contribution in [3.8, 4) is 5.75 Å². The smallest absolute Gasteiger partial charge is 0.417 e. The molecule has 0 heterocycles. The molecule has 0 saturated heterocycles. The van der Waals surface area contributed by atoms with Gasteiger partial charge in [0.1, 0.15) is 18.9 Å². The van der Waals surface area contributed by atoms with Gasteiger partial charge >= 0.3 is 6.18 Å². The molecule has 0 aliphatic rings. The first-order valence-corrected chi connectivity index (χ1v) is 14.3. The molecule has 0 aromatic heterocycles. The van der Waals surface area contributed by atoms with Crippen LogP contribution in [0.25, 0.3) is 0 Å². The predicted molar refractivity (Wildman–Crippen MR) is 155 cm³/mol. The Morgan fingerprint density at radius 3 is 2.29 bits per heavy atom. The molecule has 0 unspecified atom stereocenters. The molecule has 1 N–H and O–H groups in total. The molecule has 0 spiro atoms. The second-order valence-electron chi connectivity index (χ2n) is 9.12. The lowest BCUT2D eigenvalue weighted by Crippen LogP contribution is -2.39. The molecule has 0 radical (unpaired) electrons. The number of alkyl halides is 3. The predicted octanol–water partition coefficient (Wildman–Crippen LogP) is 6.59. The minimum Gasteiger partial charge on any atom is -0.489 e. The molecular weight excluding hydrogens is 591 g/mol. The summed E-state index contributed by atoms with van der Waals surface area (Å²) in [6.45, 7) is 1.55. The van der Waals surface area contributed by atoms with Crippen molar-refractivity contribution in [2.75, 3.05) is 10.8 Å². The van der Waals surface area contributed by atoms with Gasteiger partial charge in [0.05, 0.1) is 27.4 Å². The zero-order chi connectivity index (χ0) is 30.3. The maximum absolute atomic E-state index is 13.5. The molecule has 0 aliphatic carbocycles. The molecule has 0 fully saturated rings. The fourth-order valence-electron chi connectivity index (χ4n) is 3.77. The zero-order valence-electron chi connectivity index (χ0n) is 22.2. The van der Waals surface area contributed by atoms with Gasteiger partial charge in [0.15, 0.2) is 0 Å². The van der Waals surface area contributed by atoms with E-state index >= 15 is 0 Å². The van der Waals surface area contributed by atoms with Crippen molar-refractivity contribution in [2.45, 2.75) is 24.6 Å². The van der Waals surface area contributed by atoms with Crippen molar-refractivity contribution in [3.63, 3.8) is 0 Å². The molecule has 0 bridgehead atoms. The number of anilines is 1. The molecule has 4 aromatic carbocycles. The number of nitrogens with zero attached hydrogens (tertiary/aromatic N) is 2. The zero-order valence-corrected chi connectivity index (χ0v) is 23.7. The third-order valence-corrected chi connectivity index (χ3v) is 8.09. The highest BCUT2D eigenvalue weighted by Gasteiger charge is 2.35. The van der Waals surface area contributed by atoms with Crippen LogP contribution in [0.1, 0.15) is 22.3 Å². The number of aryl methyl sites for hydroxylation is 1. The third-order valence-electron chi connectivity index (χ3n) is 5.97. The third kappa shape index (κ3) is 7.89. The molecule has 4 rings (SSSR count). The standard InChI is InChI=1S/C30H25ClF3N3O4S/c1-21-7-9-23(10-8-21)20-41-25-14-11-22(12-15-25)18-35-36-29(38)19-37(42(39,40)26-5-3-2-4-6-26)24-13-16-28(31)27(17-24)30(32,33)34/h2-18H,19-20H2,1H3,(H,36,38)/b35-18+. The number of amides is 1. The van der Waals surface area contributed by atoms with Crippen LogP contribution >= 0.6 is 11.6 Å². The second kappa shape index (κ2) is 13.1. The van der Waals surface area contributed by atoms with Gasteiger partial charge < -0.3 is 4.74 Å². The largest absolute Gasteiger partial charge is 0.489 e. The summed E-state index contributed by atoms with van der Waals surface area (Å²) in [4.78, 5) is 12.5. The van der Waals surface area contributed by atoms with E-state index in [1.807, 2.05) is 31.2 Å². The van der Waals surface area contributed by atoms with Gasteiger partial charge in [0.2, 0.25) is 0 Å². The van der Waals surface area contributed by atoms with Crippen LogP contribution in [-0.2, 0) is 27.6 Å².